The van der Waals surface area contributed by atoms with Crippen LogP contribution in [0.25, 0.3) is 11.0 Å². The number of benzene rings is 1. The summed E-state index contributed by atoms with van der Waals surface area (Å²) in [5.41, 5.74) is 2.81. The van der Waals surface area contributed by atoms with Crippen LogP contribution in [0.2, 0.25) is 0 Å². The Labute approximate surface area is 149 Å². The quantitative estimate of drug-likeness (QED) is 0.594. The molecule has 1 atom stereocenters. The molecule has 0 amide bonds. The minimum Gasteiger partial charge on any atom is -0.473 e. The van der Waals surface area contributed by atoms with Gasteiger partial charge >= 0.3 is 0 Å². The van der Waals surface area contributed by atoms with Gasteiger partial charge in [0.2, 0.25) is 5.88 Å². The normalized spacial score (nSPS) is 12.5. The lowest BCUT2D eigenvalue weighted by atomic mass is 10.2. The third-order valence-corrected chi connectivity index (χ3v) is 4.38. The number of ether oxygens (including phenoxy) is 2. The molecule has 2 aromatic heterocycles. The predicted molar refractivity (Wildman–Crippen MR) is 96.8 cm³/mol. The Hall–Kier alpha value is -1.92. The van der Waals surface area contributed by atoms with E-state index in [-0.39, 0.29) is 6.10 Å². The third-order valence-electron chi connectivity index (χ3n) is 3.80. The average Bonchev–Trinajstić information content (AvgIpc) is 2.93. The van der Waals surface area contributed by atoms with E-state index < -0.39 is 0 Å². The highest BCUT2D eigenvalue weighted by atomic mass is 79.9. The number of hydrogen-bond donors (Lipinski definition) is 0. The summed E-state index contributed by atoms with van der Waals surface area (Å²) in [4.78, 5) is 8.65. The fraction of sp³-hybridized carbons (Fsp3) is 0.333. The second-order valence-electron chi connectivity index (χ2n) is 5.62. The maximum absolute atomic E-state index is 5.95. The number of fused-ring (bicyclic) bond motifs is 1. The van der Waals surface area contributed by atoms with Gasteiger partial charge in [0, 0.05) is 6.20 Å². The first-order valence-electron chi connectivity index (χ1n) is 7.96. The van der Waals surface area contributed by atoms with Gasteiger partial charge in [0.05, 0.1) is 17.2 Å². The monoisotopic (exact) mass is 389 g/mol. The lowest BCUT2D eigenvalue weighted by Gasteiger charge is -2.14. The summed E-state index contributed by atoms with van der Waals surface area (Å²) in [5.74, 6) is 0.586. The van der Waals surface area contributed by atoms with E-state index in [4.69, 9.17) is 9.47 Å². The van der Waals surface area contributed by atoms with Crippen molar-refractivity contribution in [3.8, 4) is 5.88 Å². The Morgan fingerprint density at radius 1 is 1.21 bits per heavy atom. The summed E-state index contributed by atoms with van der Waals surface area (Å²) < 4.78 is 14.7. The van der Waals surface area contributed by atoms with Crippen molar-refractivity contribution >= 4 is 27.0 Å². The zero-order valence-electron chi connectivity index (χ0n) is 13.8. The number of hydrogen-bond acceptors (Lipinski definition) is 4. The maximum atomic E-state index is 5.95. The van der Waals surface area contributed by atoms with E-state index in [2.05, 4.69) is 32.8 Å². The van der Waals surface area contributed by atoms with Gasteiger partial charge in [-0.2, -0.15) is 4.98 Å². The molecule has 1 unspecified atom stereocenters. The Kier molecular flexibility index (Phi) is 5.48. The Bertz CT molecular complexity index is 805. The molecule has 0 N–H and O–H groups in total. The van der Waals surface area contributed by atoms with E-state index in [1.165, 1.54) is 6.33 Å². The number of aromatic nitrogens is 3. The largest absolute Gasteiger partial charge is 0.473 e. The van der Waals surface area contributed by atoms with Crippen molar-refractivity contribution < 1.29 is 9.47 Å². The van der Waals surface area contributed by atoms with Gasteiger partial charge in [-0.1, -0.05) is 37.3 Å². The highest BCUT2D eigenvalue weighted by molar-refractivity contribution is 9.10. The molecular formula is C18H20BrN3O2. The zero-order chi connectivity index (χ0) is 16.9. The molecule has 0 radical (unpaired) electrons. The van der Waals surface area contributed by atoms with Gasteiger partial charge in [-0.25, -0.2) is 4.98 Å². The van der Waals surface area contributed by atoms with Crippen molar-refractivity contribution in [2.45, 2.75) is 39.7 Å². The molecule has 0 saturated heterocycles. The molecule has 0 aliphatic heterocycles. The second kappa shape index (κ2) is 7.77. The Morgan fingerprint density at radius 2 is 2.00 bits per heavy atom. The zero-order valence-corrected chi connectivity index (χ0v) is 15.4. The highest BCUT2D eigenvalue weighted by Gasteiger charge is 2.16. The van der Waals surface area contributed by atoms with E-state index in [1.807, 2.05) is 48.0 Å². The molecule has 2 heterocycles. The molecule has 0 spiro atoms. The number of nitrogens with zero attached hydrogens (tertiary/aromatic N) is 3. The van der Waals surface area contributed by atoms with Gasteiger partial charge < -0.3 is 14.0 Å². The maximum Gasteiger partial charge on any atom is 0.242 e. The minimum absolute atomic E-state index is 0.0930. The van der Waals surface area contributed by atoms with Crippen LogP contribution in [0.15, 0.2) is 47.3 Å². The molecule has 1 aromatic carbocycles. The standard InChI is InChI=1S/C18H20BrN3O2/c1-3-13(2)24-18-17-16(20-11-21-18)15(19)9-22(17)12-23-10-14-7-5-4-6-8-14/h4-9,11,13H,3,10,12H2,1-2H3. The van der Waals surface area contributed by atoms with Crippen molar-refractivity contribution in [2.24, 2.45) is 0 Å². The van der Waals surface area contributed by atoms with E-state index in [0.29, 0.717) is 19.2 Å². The van der Waals surface area contributed by atoms with Crippen LogP contribution in [0.3, 0.4) is 0 Å². The van der Waals surface area contributed by atoms with E-state index in [1.54, 1.807) is 0 Å². The van der Waals surface area contributed by atoms with Crippen LogP contribution in [0, 0.1) is 0 Å². The summed E-state index contributed by atoms with van der Waals surface area (Å²) in [6, 6.07) is 10.1. The van der Waals surface area contributed by atoms with E-state index >= 15 is 0 Å². The number of rotatable bonds is 7. The van der Waals surface area contributed by atoms with Crippen LogP contribution in [-0.4, -0.2) is 20.6 Å². The fourth-order valence-corrected chi connectivity index (χ4v) is 2.89. The summed E-state index contributed by atoms with van der Waals surface area (Å²) >= 11 is 3.55. The molecule has 0 bridgehead atoms. The van der Waals surface area contributed by atoms with Gasteiger partial charge in [-0.15, -0.1) is 0 Å². The Balaban J connectivity index is 1.82. The fourth-order valence-electron chi connectivity index (χ4n) is 2.36. The summed E-state index contributed by atoms with van der Waals surface area (Å²) in [6.45, 7) is 5.07. The Morgan fingerprint density at radius 3 is 2.75 bits per heavy atom. The molecule has 3 aromatic rings. The van der Waals surface area contributed by atoms with Crippen LogP contribution >= 0.6 is 15.9 Å². The summed E-state index contributed by atoms with van der Waals surface area (Å²) in [7, 11) is 0. The average molecular weight is 390 g/mol. The molecule has 5 nitrogen and oxygen atoms in total. The lowest BCUT2D eigenvalue weighted by Crippen LogP contribution is -2.12. The van der Waals surface area contributed by atoms with Crippen LogP contribution in [0.4, 0.5) is 0 Å². The first kappa shape index (κ1) is 16.9. The van der Waals surface area contributed by atoms with Crippen molar-refractivity contribution in [2.75, 3.05) is 0 Å². The molecule has 0 fully saturated rings. The van der Waals surface area contributed by atoms with Crippen LogP contribution in [0.5, 0.6) is 5.88 Å². The number of halogens is 1. The lowest BCUT2D eigenvalue weighted by molar-refractivity contribution is 0.0662. The summed E-state index contributed by atoms with van der Waals surface area (Å²) in [6.07, 6.45) is 4.49. The van der Waals surface area contributed by atoms with Gasteiger partial charge in [0.1, 0.15) is 24.1 Å². The van der Waals surface area contributed by atoms with Crippen molar-refractivity contribution in [1.29, 1.82) is 0 Å². The van der Waals surface area contributed by atoms with E-state index in [0.717, 1.165) is 27.5 Å². The van der Waals surface area contributed by atoms with Crippen LogP contribution < -0.4 is 4.74 Å². The molecule has 0 aliphatic carbocycles. The predicted octanol–water partition coefficient (Wildman–Crippen LogP) is 4.55. The van der Waals surface area contributed by atoms with Crippen molar-refractivity contribution in [3.63, 3.8) is 0 Å². The molecule has 3 rings (SSSR count). The van der Waals surface area contributed by atoms with Gasteiger partial charge in [-0.3, -0.25) is 0 Å². The van der Waals surface area contributed by atoms with Gasteiger partial charge in [0.25, 0.3) is 0 Å². The van der Waals surface area contributed by atoms with Crippen LogP contribution in [0.1, 0.15) is 25.8 Å². The first-order chi connectivity index (χ1) is 11.7. The molecule has 6 heteroatoms. The van der Waals surface area contributed by atoms with Crippen molar-refractivity contribution in [1.82, 2.24) is 14.5 Å². The summed E-state index contributed by atoms with van der Waals surface area (Å²) in [5, 5.41) is 0. The molecule has 24 heavy (non-hydrogen) atoms. The highest BCUT2D eigenvalue weighted by Crippen LogP contribution is 2.30. The molecule has 0 saturated carbocycles. The van der Waals surface area contributed by atoms with Gasteiger partial charge in [-0.05, 0) is 34.8 Å². The second-order valence-corrected chi connectivity index (χ2v) is 6.48. The molecule has 126 valence electrons. The molecular weight excluding hydrogens is 370 g/mol. The first-order valence-corrected chi connectivity index (χ1v) is 8.76. The van der Waals surface area contributed by atoms with Gasteiger partial charge in [0.15, 0.2) is 0 Å². The van der Waals surface area contributed by atoms with E-state index in [9.17, 15) is 0 Å². The SMILES string of the molecule is CCC(C)Oc1ncnc2c(Br)cn(COCc3ccccc3)c12. The third kappa shape index (κ3) is 3.76. The minimum atomic E-state index is 0.0930. The van der Waals surface area contributed by atoms with Crippen LogP contribution in [-0.2, 0) is 18.1 Å². The topological polar surface area (TPSA) is 49.2 Å². The van der Waals surface area contributed by atoms with Crippen molar-refractivity contribution in [3.05, 3.63) is 52.9 Å². The smallest absolute Gasteiger partial charge is 0.242 e. The molecule has 0 aliphatic rings.